The van der Waals surface area contributed by atoms with Gasteiger partial charge in [0.2, 0.25) is 11.8 Å². The van der Waals surface area contributed by atoms with Crippen LogP contribution in [-0.2, 0) is 16.0 Å². The Morgan fingerprint density at radius 1 is 0.935 bits per heavy atom. The molecule has 3 fully saturated rings. The molecule has 2 aromatic carbocycles. The Morgan fingerprint density at radius 3 is 2.16 bits per heavy atom. The third-order valence-corrected chi connectivity index (χ3v) is 7.70. The fourth-order valence-electron chi connectivity index (χ4n) is 6.12. The lowest BCUT2D eigenvalue weighted by Crippen LogP contribution is -2.40. The van der Waals surface area contributed by atoms with Crippen LogP contribution in [0.15, 0.2) is 60.7 Å². The Morgan fingerprint density at radius 2 is 1.55 bits per heavy atom. The van der Waals surface area contributed by atoms with Gasteiger partial charge in [-0.15, -0.1) is 0 Å². The fraction of sp³-hybridized carbons (Fsp3) is 0.346. The number of rotatable bonds is 4. The molecule has 4 aliphatic carbocycles. The first-order valence-corrected chi connectivity index (χ1v) is 11.1. The highest BCUT2D eigenvalue weighted by molar-refractivity contribution is 6.22. The van der Waals surface area contributed by atoms with E-state index in [-0.39, 0.29) is 41.4 Å². The highest BCUT2D eigenvalue weighted by Gasteiger charge is 2.67. The molecular formula is C26H24N2O3. The molecule has 1 heterocycles. The van der Waals surface area contributed by atoms with E-state index in [4.69, 9.17) is 0 Å². The maximum atomic E-state index is 13.2. The van der Waals surface area contributed by atoms with Gasteiger partial charge >= 0.3 is 0 Å². The van der Waals surface area contributed by atoms with E-state index in [2.05, 4.69) is 17.5 Å². The number of benzene rings is 2. The second-order valence-corrected chi connectivity index (χ2v) is 9.18. The van der Waals surface area contributed by atoms with E-state index >= 15 is 0 Å². The van der Waals surface area contributed by atoms with Gasteiger partial charge in [-0.05, 0) is 72.4 Å². The molecule has 5 nitrogen and oxygen atoms in total. The molecule has 7 rings (SSSR count). The lowest BCUT2D eigenvalue weighted by molar-refractivity contribution is -0.124. The van der Waals surface area contributed by atoms with Gasteiger partial charge in [0, 0.05) is 11.3 Å². The minimum absolute atomic E-state index is 0.0752. The summed E-state index contributed by atoms with van der Waals surface area (Å²) in [5.74, 6) is 0.829. The molecule has 156 valence electrons. The van der Waals surface area contributed by atoms with Crippen LogP contribution < -0.4 is 10.2 Å². The maximum Gasteiger partial charge on any atom is 0.255 e. The number of hydrogen-bond donors (Lipinski definition) is 1. The van der Waals surface area contributed by atoms with Gasteiger partial charge in [0.05, 0.1) is 17.5 Å². The predicted octanol–water partition coefficient (Wildman–Crippen LogP) is 4.06. The number of amides is 3. The number of nitrogens with zero attached hydrogens (tertiary/aromatic N) is 1. The Kier molecular flexibility index (Phi) is 3.98. The molecule has 0 unspecified atom stereocenters. The molecular weight excluding hydrogens is 388 g/mol. The predicted molar refractivity (Wildman–Crippen MR) is 117 cm³/mol. The molecule has 2 saturated carbocycles. The minimum atomic E-state index is -0.209. The van der Waals surface area contributed by atoms with Crippen LogP contribution in [0.25, 0.3) is 0 Å². The van der Waals surface area contributed by atoms with Crippen molar-refractivity contribution in [1.29, 1.82) is 0 Å². The first kappa shape index (κ1) is 18.6. The van der Waals surface area contributed by atoms with Gasteiger partial charge in [-0.3, -0.25) is 19.3 Å². The van der Waals surface area contributed by atoms with Crippen LogP contribution in [0, 0.1) is 35.5 Å². The minimum Gasteiger partial charge on any atom is -0.322 e. The largest absolute Gasteiger partial charge is 0.322 e. The molecule has 3 amide bonds. The van der Waals surface area contributed by atoms with Crippen LogP contribution in [0.3, 0.4) is 0 Å². The summed E-state index contributed by atoms with van der Waals surface area (Å²) in [6.45, 7) is 2.05. The van der Waals surface area contributed by atoms with E-state index in [1.807, 2.05) is 31.2 Å². The zero-order chi connectivity index (χ0) is 21.3. The van der Waals surface area contributed by atoms with Gasteiger partial charge in [-0.25, -0.2) is 0 Å². The number of nitrogens with one attached hydrogen (secondary N) is 1. The van der Waals surface area contributed by atoms with Crippen molar-refractivity contribution in [3.63, 3.8) is 0 Å². The number of carbonyl (C=O) groups is 3. The molecule has 2 aromatic rings. The molecule has 0 aromatic heterocycles. The number of aryl methyl sites for hydroxylation is 1. The summed E-state index contributed by atoms with van der Waals surface area (Å²) in [6.07, 6.45) is 6.34. The molecule has 6 atom stereocenters. The molecule has 5 aliphatic rings. The number of hydrogen-bond acceptors (Lipinski definition) is 3. The highest BCUT2D eigenvalue weighted by atomic mass is 16.2. The average Bonchev–Trinajstić information content (AvgIpc) is 3.58. The summed E-state index contributed by atoms with van der Waals surface area (Å²) < 4.78 is 0. The van der Waals surface area contributed by atoms with Crippen molar-refractivity contribution in [2.24, 2.45) is 35.5 Å². The van der Waals surface area contributed by atoms with Gasteiger partial charge in [-0.2, -0.15) is 0 Å². The van der Waals surface area contributed by atoms with Crippen LogP contribution in [0.1, 0.15) is 29.3 Å². The Bertz CT molecular complexity index is 1100. The van der Waals surface area contributed by atoms with E-state index in [0.29, 0.717) is 23.1 Å². The van der Waals surface area contributed by atoms with Gasteiger partial charge in [0.1, 0.15) is 0 Å². The van der Waals surface area contributed by atoms with Crippen LogP contribution in [0.4, 0.5) is 11.4 Å². The summed E-state index contributed by atoms with van der Waals surface area (Å²) >= 11 is 0. The van der Waals surface area contributed by atoms with Gasteiger partial charge in [0.15, 0.2) is 0 Å². The zero-order valence-electron chi connectivity index (χ0n) is 17.3. The molecule has 0 radical (unpaired) electrons. The molecule has 2 bridgehead atoms. The van der Waals surface area contributed by atoms with Crippen molar-refractivity contribution in [2.45, 2.75) is 19.8 Å². The summed E-state index contributed by atoms with van der Waals surface area (Å²) in [5, 5.41) is 2.96. The van der Waals surface area contributed by atoms with E-state index in [1.54, 1.807) is 24.3 Å². The lowest BCUT2D eigenvalue weighted by Gasteiger charge is -2.37. The van der Waals surface area contributed by atoms with Crippen LogP contribution in [-0.4, -0.2) is 17.7 Å². The quantitative estimate of drug-likeness (QED) is 0.608. The lowest BCUT2D eigenvalue weighted by atomic mass is 9.63. The van der Waals surface area contributed by atoms with Gasteiger partial charge < -0.3 is 5.32 Å². The number of carbonyl (C=O) groups excluding carboxylic acids is 3. The summed E-state index contributed by atoms with van der Waals surface area (Å²) in [4.78, 5) is 40.5. The van der Waals surface area contributed by atoms with Crippen molar-refractivity contribution in [1.82, 2.24) is 0 Å². The summed E-state index contributed by atoms with van der Waals surface area (Å²) in [7, 11) is 0. The monoisotopic (exact) mass is 412 g/mol. The first-order chi connectivity index (χ1) is 15.1. The molecule has 31 heavy (non-hydrogen) atoms. The number of anilines is 2. The SMILES string of the molecule is CCc1ccccc1NC(=O)c1ccc(N2C(=O)[C@@H]3[C@H]4C=C[C@@H]([C@@H]5C[C@@H]45)[C@H]3C2=O)cc1. The van der Waals surface area contributed by atoms with Gasteiger partial charge in [-0.1, -0.05) is 37.3 Å². The second kappa shape index (κ2) is 6.64. The normalized spacial score (nSPS) is 32.1. The van der Waals surface area contributed by atoms with Crippen molar-refractivity contribution >= 4 is 29.1 Å². The second-order valence-electron chi connectivity index (χ2n) is 9.18. The Hall–Kier alpha value is -3.21. The summed E-state index contributed by atoms with van der Waals surface area (Å²) in [5.41, 5.74) is 2.93. The molecule has 1 N–H and O–H groups in total. The highest BCUT2D eigenvalue weighted by Crippen LogP contribution is 2.65. The fourth-order valence-corrected chi connectivity index (χ4v) is 6.12. The maximum absolute atomic E-state index is 13.2. The van der Waals surface area contributed by atoms with Crippen LogP contribution in [0.2, 0.25) is 0 Å². The van der Waals surface area contributed by atoms with Crippen molar-refractivity contribution in [2.75, 3.05) is 10.2 Å². The summed E-state index contributed by atoms with van der Waals surface area (Å²) in [6, 6.07) is 14.5. The topological polar surface area (TPSA) is 66.5 Å². The van der Waals surface area contributed by atoms with Crippen LogP contribution in [0.5, 0.6) is 0 Å². The third kappa shape index (κ3) is 2.65. The molecule has 1 saturated heterocycles. The van der Waals surface area contributed by atoms with Crippen molar-refractivity contribution in [3.8, 4) is 0 Å². The average molecular weight is 412 g/mol. The molecule has 5 heteroatoms. The van der Waals surface area contributed by atoms with Gasteiger partial charge in [0.25, 0.3) is 5.91 Å². The number of imide groups is 1. The van der Waals surface area contributed by atoms with E-state index in [9.17, 15) is 14.4 Å². The Labute approximate surface area is 181 Å². The number of para-hydroxylation sites is 1. The van der Waals surface area contributed by atoms with Crippen molar-refractivity contribution < 1.29 is 14.4 Å². The third-order valence-electron chi connectivity index (χ3n) is 7.70. The Balaban J connectivity index is 1.23. The zero-order valence-corrected chi connectivity index (χ0v) is 17.3. The van der Waals surface area contributed by atoms with E-state index in [0.717, 1.165) is 24.1 Å². The number of allylic oxidation sites excluding steroid dienone is 2. The molecule has 1 aliphatic heterocycles. The van der Waals surface area contributed by atoms with Crippen LogP contribution >= 0.6 is 0 Å². The first-order valence-electron chi connectivity index (χ1n) is 11.1. The smallest absolute Gasteiger partial charge is 0.255 e. The van der Waals surface area contributed by atoms with E-state index < -0.39 is 0 Å². The van der Waals surface area contributed by atoms with E-state index in [1.165, 1.54) is 4.90 Å². The standard InChI is InChI=1S/C26H24N2O3/c1-2-14-5-3-4-6-21(14)27-24(29)15-7-9-16(10-8-15)28-25(30)22-17-11-12-18(20-13-19(17)20)23(22)26(28)31/h3-12,17-20,22-23H,2,13H2,1H3,(H,27,29)/t17-,18-,19-,20-,22+,23+/m0/s1. The van der Waals surface area contributed by atoms with Crippen molar-refractivity contribution in [3.05, 3.63) is 71.8 Å². The molecule has 0 spiro atoms.